The normalized spacial score (nSPS) is 33.5. The van der Waals surface area contributed by atoms with Gasteiger partial charge in [-0.2, -0.15) is 11.3 Å². The zero-order chi connectivity index (χ0) is 15.5. The highest BCUT2D eigenvalue weighted by molar-refractivity contribution is 7.07. The summed E-state index contributed by atoms with van der Waals surface area (Å²) in [6.45, 7) is 9.33. The highest BCUT2D eigenvalue weighted by Gasteiger charge is 2.43. The molecule has 0 radical (unpaired) electrons. The van der Waals surface area contributed by atoms with Crippen molar-refractivity contribution in [3.05, 3.63) is 22.4 Å². The van der Waals surface area contributed by atoms with E-state index in [1.54, 1.807) is 11.3 Å². The Hall–Kier alpha value is -0.460. The third-order valence-corrected chi connectivity index (χ3v) is 6.15. The summed E-state index contributed by atoms with van der Waals surface area (Å²) in [6, 6.07) is 2.23. The van der Waals surface area contributed by atoms with E-state index in [1.165, 1.54) is 38.0 Å². The molecule has 23 heavy (non-hydrogen) atoms. The second-order valence-electron chi connectivity index (χ2n) is 7.47. The molecule has 4 heterocycles. The summed E-state index contributed by atoms with van der Waals surface area (Å²) in [5.74, 6) is 0.679. The zero-order valence-corrected chi connectivity index (χ0v) is 14.7. The fourth-order valence-electron chi connectivity index (χ4n) is 4.36. The number of hydrogen-bond acceptors (Lipinski definition) is 5. The van der Waals surface area contributed by atoms with Crippen LogP contribution in [-0.4, -0.2) is 67.9 Å². The van der Waals surface area contributed by atoms with Crippen molar-refractivity contribution in [2.24, 2.45) is 5.92 Å². The minimum Gasteiger partial charge on any atom is -0.377 e. The van der Waals surface area contributed by atoms with Gasteiger partial charge < -0.3 is 14.4 Å². The van der Waals surface area contributed by atoms with Crippen molar-refractivity contribution in [1.29, 1.82) is 0 Å². The molecule has 4 nitrogen and oxygen atoms in total. The Morgan fingerprint density at radius 3 is 2.96 bits per heavy atom. The Bertz CT molecular complexity index is 489. The van der Waals surface area contributed by atoms with Crippen molar-refractivity contribution < 1.29 is 9.47 Å². The Labute approximate surface area is 143 Å². The highest BCUT2D eigenvalue weighted by Crippen LogP contribution is 2.34. The molecule has 5 heteroatoms. The number of nitrogens with zero attached hydrogens (tertiary/aromatic N) is 2. The lowest BCUT2D eigenvalue weighted by atomic mass is 9.94. The summed E-state index contributed by atoms with van der Waals surface area (Å²) >= 11 is 1.78. The van der Waals surface area contributed by atoms with Crippen molar-refractivity contribution in [2.45, 2.75) is 31.4 Å². The molecule has 0 amide bonds. The summed E-state index contributed by atoms with van der Waals surface area (Å²) in [4.78, 5) is 5.14. The van der Waals surface area contributed by atoms with Gasteiger partial charge in [-0.25, -0.2) is 0 Å². The van der Waals surface area contributed by atoms with Gasteiger partial charge >= 0.3 is 0 Å². The van der Waals surface area contributed by atoms with Gasteiger partial charge in [0.25, 0.3) is 0 Å². The molecule has 0 unspecified atom stereocenters. The van der Waals surface area contributed by atoms with Crippen LogP contribution in [0.25, 0.3) is 0 Å². The van der Waals surface area contributed by atoms with E-state index < -0.39 is 0 Å². The molecule has 0 aliphatic carbocycles. The molecule has 3 fully saturated rings. The van der Waals surface area contributed by atoms with Crippen molar-refractivity contribution in [2.75, 3.05) is 52.5 Å². The van der Waals surface area contributed by atoms with E-state index in [-0.39, 0.29) is 5.60 Å². The van der Waals surface area contributed by atoms with Crippen molar-refractivity contribution in [3.8, 4) is 0 Å². The number of thiophene rings is 1. The first-order valence-corrected chi connectivity index (χ1v) is 9.93. The number of ether oxygens (including phenoxy) is 2. The van der Waals surface area contributed by atoms with Crippen LogP contribution in [0.1, 0.15) is 24.8 Å². The second kappa shape index (κ2) is 7.19. The van der Waals surface area contributed by atoms with Gasteiger partial charge in [-0.3, -0.25) is 4.90 Å². The van der Waals surface area contributed by atoms with Crippen LogP contribution in [0, 0.1) is 5.92 Å². The topological polar surface area (TPSA) is 24.9 Å². The summed E-state index contributed by atoms with van der Waals surface area (Å²) in [7, 11) is 0. The monoisotopic (exact) mass is 336 g/mol. The summed E-state index contributed by atoms with van der Waals surface area (Å²) < 4.78 is 12.3. The van der Waals surface area contributed by atoms with Gasteiger partial charge in [0.1, 0.15) is 5.60 Å². The van der Waals surface area contributed by atoms with Gasteiger partial charge in [0.05, 0.1) is 19.8 Å². The summed E-state index contributed by atoms with van der Waals surface area (Å²) in [5.41, 5.74) is 1.34. The minimum atomic E-state index is -0.0725. The maximum Gasteiger partial charge on any atom is 0.104 e. The van der Waals surface area contributed by atoms with E-state index in [1.807, 2.05) is 0 Å². The third-order valence-electron chi connectivity index (χ3n) is 5.42. The van der Waals surface area contributed by atoms with Crippen LogP contribution in [0.5, 0.6) is 0 Å². The molecule has 0 bridgehead atoms. The number of hydrogen-bond donors (Lipinski definition) is 0. The van der Waals surface area contributed by atoms with E-state index >= 15 is 0 Å². The van der Waals surface area contributed by atoms with E-state index in [4.69, 9.17) is 9.47 Å². The van der Waals surface area contributed by atoms with E-state index in [0.717, 1.165) is 45.9 Å². The lowest BCUT2D eigenvalue weighted by molar-refractivity contribution is -0.0563. The fourth-order valence-corrected chi connectivity index (χ4v) is 5.02. The fraction of sp³-hybridized carbons (Fsp3) is 0.778. The lowest BCUT2D eigenvalue weighted by Gasteiger charge is -2.31. The maximum atomic E-state index is 6.34. The van der Waals surface area contributed by atoms with Crippen LogP contribution >= 0.6 is 11.3 Å². The molecule has 2 atom stereocenters. The molecule has 0 saturated carbocycles. The number of rotatable bonds is 4. The van der Waals surface area contributed by atoms with Crippen LogP contribution < -0.4 is 0 Å². The average Bonchev–Trinajstić information content (AvgIpc) is 3.25. The zero-order valence-electron chi connectivity index (χ0n) is 13.9. The molecular formula is C18H28N2O2S. The average molecular weight is 337 g/mol. The first-order chi connectivity index (χ1) is 11.3. The quantitative estimate of drug-likeness (QED) is 0.843. The molecular weight excluding hydrogens is 308 g/mol. The predicted octanol–water partition coefficient (Wildman–Crippen LogP) is 2.45. The molecule has 0 N–H and O–H groups in total. The highest BCUT2D eigenvalue weighted by atomic mass is 32.1. The Morgan fingerprint density at radius 2 is 2.13 bits per heavy atom. The lowest BCUT2D eigenvalue weighted by Crippen LogP contribution is -2.44. The van der Waals surface area contributed by atoms with Gasteiger partial charge in [-0.1, -0.05) is 0 Å². The molecule has 0 aromatic carbocycles. The smallest absolute Gasteiger partial charge is 0.104 e. The minimum absolute atomic E-state index is 0.0725. The van der Waals surface area contributed by atoms with Gasteiger partial charge in [0.2, 0.25) is 0 Å². The Kier molecular flexibility index (Phi) is 5.02. The van der Waals surface area contributed by atoms with Gasteiger partial charge in [0.15, 0.2) is 0 Å². The molecule has 1 aromatic heterocycles. The largest absolute Gasteiger partial charge is 0.377 e. The standard InChI is InChI=1S/C18H28N2O2S/c1-2-5-19(4-1)11-17-9-18(22-12-17)14-20(6-7-21-15-18)10-16-3-8-23-13-16/h3,8,13,17H,1-2,4-7,9-12,14-15H2/t17-,18+/m1/s1. The Morgan fingerprint density at radius 1 is 1.22 bits per heavy atom. The molecule has 3 aliphatic rings. The van der Waals surface area contributed by atoms with Crippen LogP contribution in [0.15, 0.2) is 16.8 Å². The van der Waals surface area contributed by atoms with Crippen molar-refractivity contribution in [3.63, 3.8) is 0 Å². The van der Waals surface area contributed by atoms with Crippen LogP contribution in [0.4, 0.5) is 0 Å². The van der Waals surface area contributed by atoms with E-state index in [9.17, 15) is 0 Å². The molecule has 3 aliphatic heterocycles. The van der Waals surface area contributed by atoms with Crippen LogP contribution in [-0.2, 0) is 16.0 Å². The van der Waals surface area contributed by atoms with Crippen LogP contribution in [0.2, 0.25) is 0 Å². The maximum absolute atomic E-state index is 6.34. The molecule has 1 aromatic rings. The van der Waals surface area contributed by atoms with Gasteiger partial charge in [0, 0.05) is 26.2 Å². The molecule has 4 rings (SSSR count). The SMILES string of the molecule is c1cc(CN2CCOC[C@]3(C[C@H](CN4CCCC4)CO3)C2)cs1. The number of likely N-dealkylation sites (tertiary alicyclic amines) is 1. The van der Waals surface area contributed by atoms with E-state index in [2.05, 4.69) is 26.6 Å². The summed E-state index contributed by atoms with van der Waals surface area (Å²) in [6.07, 6.45) is 3.90. The van der Waals surface area contributed by atoms with Gasteiger partial charge in [-0.05, 0) is 60.7 Å². The molecule has 3 saturated heterocycles. The van der Waals surface area contributed by atoms with E-state index in [0.29, 0.717) is 5.92 Å². The first kappa shape index (κ1) is 16.0. The molecule has 1 spiro atoms. The first-order valence-electron chi connectivity index (χ1n) is 8.99. The third kappa shape index (κ3) is 3.97. The summed E-state index contributed by atoms with van der Waals surface area (Å²) in [5, 5.41) is 4.42. The van der Waals surface area contributed by atoms with Crippen LogP contribution in [0.3, 0.4) is 0 Å². The van der Waals surface area contributed by atoms with Gasteiger partial charge in [-0.15, -0.1) is 0 Å². The Balaban J connectivity index is 1.36. The predicted molar refractivity (Wildman–Crippen MR) is 92.9 cm³/mol. The second-order valence-corrected chi connectivity index (χ2v) is 8.25. The van der Waals surface area contributed by atoms with Crippen molar-refractivity contribution in [1.82, 2.24) is 9.80 Å². The molecule has 128 valence electrons. The van der Waals surface area contributed by atoms with Crippen molar-refractivity contribution >= 4 is 11.3 Å².